The molecule has 0 aliphatic carbocycles. The van der Waals surface area contributed by atoms with Gasteiger partial charge in [0, 0.05) is 6.61 Å². The fraction of sp³-hybridized carbons (Fsp3) is 0.667. The summed E-state index contributed by atoms with van der Waals surface area (Å²) in [5.41, 5.74) is 4.04. The van der Waals surface area contributed by atoms with E-state index in [9.17, 15) is 0 Å². The van der Waals surface area contributed by atoms with E-state index >= 15 is 0 Å². The maximum absolute atomic E-state index is 5.87. The van der Waals surface area contributed by atoms with Crippen LogP contribution in [0.3, 0.4) is 0 Å². The fourth-order valence-corrected chi connectivity index (χ4v) is 2.55. The van der Waals surface area contributed by atoms with E-state index in [1.807, 2.05) is 0 Å². The minimum Gasteiger partial charge on any atom is -0.379 e. The second kappa shape index (κ2) is 9.95. The molecule has 0 saturated heterocycles. The summed E-state index contributed by atoms with van der Waals surface area (Å²) in [6.07, 6.45) is 5.06. The Labute approximate surface area is 124 Å². The third kappa shape index (κ3) is 6.06. The van der Waals surface area contributed by atoms with Crippen LogP contribution >= 0.6 is 0 Å². The molecule has 20 heavy (non-hydrogen) atoms. The van der Waals surface area contributed by atoms with Crippen LogP contribution in [0.2, 0.25) is 0 Å². The number of benzene rings is 1. The average Bonchev–Trinajstić information content (AvgIpc) is 2.42. The molecule has 1 rings (SSSR count). The van der Waals surface area contributed by atoms with Crippen molar-refractivity contribution in [3.63, 3.8) is 0 Å². The third-order valence-electron chi connectivity index (χ3n) is 3.68. The maximum Gasteiger partial charge on any atom is 0.0661 e. The molecule has 0 bridgehead atoms. The van der Waals surface area contributed by atoms with Gasteiger partial charge < -0.3 is 10.1 Å². The van der Waals surface area contributed by atoms with Crippen LogP contribution in [-0.4, -0.2) is 19.8 Å². The molecule has 0 radical (unpaired) electrons. The van der Waals surface area contributed by atoms with Crippen molar-refractivity contribution in [1.29, 1.82) is 0 Å². The van der Waals surface area contributed by atoms with Crippen LogP contribution in [0, 0.1) is 13.8 Å². The summed E-state index contributed by atoms with van der Waals surface area (Å²) in [5, 5.41) is 3.54. The third-order valence-corrected chi connectivity index (χ3v) is 3.68. The van der Waals surface area contributed by atoms with E-state index in [0.29, 0.717) is 6.04 Å². The van der Waals surface area contributed by atoms with Crippen LogP contribution in [0.4, 0.5) is 0 Å². The van der Waals surface area contributed by atoms with Crippen LogP contribution in [0.1, 0.15) is 62.3 Å². The number of ether oxygens (including phenoxy) is 1. The van der Waals surface area contributed by atoms with Gasteiger partial charge >= 0.3 is 0 Å². The van der Waals surface area contributed by atoms with Crippen molar-refractivity contribution in [2.75, 3.05) is 19.8 Å². The predicted octanol–water partition coefficient (Wildman–Crippen LogP) is 4.55. The summed E-state index contributed by atoms with van der Waals surface area (Å²) in [6.45, 7) is 11.3. The summed E-state index contributed by atoms with van der Waals surface area (Å²) in [6, 6.07) is 6.99. The van der Waals surface area contributed by atoms with Gasteiger partial charge in [0.25, 0.3) is 0 Å². The molecule has 2 heteroatoms. The minimum atomic E-state index is 0.312. The zero-order chi connectivity index (χ0) is 14.8. The van der Waals surface area contributed by atoms with Crippen LogP contribution in [0.15, 0.2) is 18.2 Å². The summed E-state index contributed by atoms with van der Waals surface area (Å²) in [5.74, 6) is 0. The minimum absolute atomic E-state index is 0.312. The smallest absolute Gasteiger partial charge is 0.0661 e. The average molecular weight is 277 g/mol. The van der Waals surface area contributed by atoms with E-state index < -0.39 is 0 Å². The van der Waals surface area contributed by atoms with E-state index in [1.165, 1.54) is 42.4 Å². The molecule has 0 fully saturated rings. The Hall–Kier alpha value is -0.860. The normalized spacial score (nSPS) is 12.6. The molecule has 2 nitrogen and oxygen atoms in total. The summed E-state index contributed by atoms with van der Waals surface area (Å²) in [7, 11) is 0. The van der Waals surface area contributed by atoms with Crippen LogP contribution in [0.25, 0.3) is 0 Å². The lowest BCUT2D eigenvalue weighted by molar-refractivity contribution is 0.108. The predicted molar refractivity (Wildman–Crippen MR) is 87.3 cm³/mol. The fourth-order valence-electron chi connectivity index (χ4n) is 2.55. The molecule has 114 valence electrons. The standard InChI is InChI=1S/C18H31NO/c1-5-7-8-9-12-20-14-18(19-6-2)17-11-10-15(3)13-16(17)4/h10-11,13,18-19H,5-9,12,14H2,1-4H3. The molecular formula is C18H31NO. The quantitative estimate of drug-likeness (QED) is 0.633. The number of rotatable bonds is 10. The molecule has 0 heterocycles. The van der Waals surface area contributed by atoms with Crippen molar-refractivity contribution >= 4 is 0 Å². The maximum atomic E-state index is 5.87. The monoisotopic (exact) mass is 277 g/mol. The van der Waals surface area contributed by atoms with E-state index in [0.717, 1.165) is 19.8 Å². The number of hydrogen-bond acceptors (Lipinski definition) is 2. The van der Waals surface area contributed by atoms with Gasteiger partial charge in [0.2, 0.25) is 0 Å². The van der Waals surface area contributed by atoms with Crippen molar-refractivity contribution in [2.24, 2.45) is 0 Å². The van der Waals surface area contributed by atoms with Crippen molar-refractivity contribution in [2.45, 2.75) is 59.4 Å². The molecular weight excluding hydrogens is 246 g/mol. The van der Waals surface area contributed by atoms with Crippen molar-refractivity contribution in [1.82, 2.24) is 5.32 Å². The van der Waals surface area contributed by atoms with E-state index in [-0.39, 0.29) is 0 Å². The molecule has 1 N–H and O–H groups in total. The van der Waals surface area contributed by atoms with Gasteiger partial charge in [-0.2, -0.15) is 0 Å². The Morgan fingerprint density at radius 2 is 1.90 bits per heavy atom. The van der Waals surface area contributed by atoms with Gasteiger partial charge in [-0.25, -0.2) is 0 Å². The van der Waals surface area contributed by atoms with Gasteiger partial charge in [-0.3, -0.25) is 0 Å². The highest BCUT2D eigenvalue weighted by Crippen LogP contribution is 2.19. The zero-order valence-corrected chi connectivity index (χ0v) is 13.7. The Kier molecular flexibility index (Phi) is 8.56. The number of unbranched alkanes of at least 4 members (excludes halogenated alkanes) is 3. The second-order valence-electron chi connectivity index (χ2n) is 5.61. The molecule has 0 aliphatic heterocycles. The van der Waals surface area contributed by atoms with Crippen LogP contribution < -0.4 is 5.32 Å². The lowest BCUT2D eigenvalue weighted by Crippen LogP contribution is -2.26. The second-order valence-corrected chi connectivity index (χ2v) is 5.61. The lowest BCUT2D eigenvalue weighted by atomic mass is 9.99. The molecule has 0 aliphatic rings. The van der Waals surface area contributed by atoms with E-state index in [1.54, 1.807) is 0 Å². The number of aryl methyl sites for hydroxylation is 2. The van der Waals surface area contributed by atoms with Gasteiger partial charge in [-0.15, -0.1) is 0 Å². The first-order chi connectivity index (χ1) is 9.69. The highest BCUT2D eigenvalue weighted by Gasteiger charge is 2.12. The lowest BCUT2D eigenvalue weighted by Gasteiger charge is -2.21. The highest BCUT2D eigenvalue weighted by atomic mass is 16.5. The SMILES string of the molecule is CCCCCCOCC(NCC)c1ccc(C)cc1C. The van der Waals surface area contributed by atoms with E-state index in [4.69, 9.17) is 4.74 Å². The molecule has 1 unspecified atom stereocenters. The van der Waals surface area contributed by atoms with Crippen molar-refractivity contribution < 1.29 is 4.74 Å². The molecule has 0 amide bonds. The molecule has 1 atom stereocenters. The Morgan fingerprint density at radius 1 is 1.10 bits per heavy atom. The summed E-state index contributed by atoms with van der Waals surface area (Å²) >= 11 is 0. The first kappa shape index (κ1) is 17.2. The summed E-state index contributed by atoms with van der Waals surface area (Å²) < 4.78 is 5.87. The number of nitrogens with one attached hydrogen (secondary N) is 1. The zero-order valence-electron chi connectivity index (χ0n) is 13.7. The summed E-state index contributed by atoms with van der Waals surface area (Å²) in [4.78, 5) is 0. The molecule has 1 aromatic carbocycles. The van der Waals surface area contributed by atoms with Gasteiger partial charge in [0.1, 0.15) is 0 Å². The highest BCUT2D eigenvalue weighted by molar-refractivity contribution is 5.32. The van der Waals surface area contributed by atoms with Gasteiger partial charge in [0.15, 0.2) is 0 Å². The largest absolute Gasteiger partial charge is 0.379 e. The number of likely N-dealkylation sites (N-methyl/N-ethyl adjacent to an activating group) is 1. The van der Waals surface area contributed by atoms with Crippen LogP contribution in [0.5, 0.6) is 0 Å². The van der Waals surface area contributed by atoms with Crippen molar-refractivity contribution in [3.8, 4) is 0 Å². The van der Waals surface area contributed by atoms with Gasteiger partial charge in [-0.05, 0) is 37.9 Å². The number of hydrogen-bond donors (Lipinski definition) is 1. The van der Waals surface area contributed by atoms with Crippen LogP contribution in [-0.2, 0) is 4.74 Å². The molecule has 0 spiro atoms. The molecule has 0 saturated carbocycles. The first-order valence-electron chi connectivity index (χ1n) is 8.07. The van der Waals surface area contributed by atoms with E-state index in [2.05, 4.69) is 51.2 Å². The Morgan fingerprint density at radius 3 is 2.55 bits per heavy atom. The van der Waals surface area contributed by atoms with Crippen molar-refractivity contribution in [3.05, 3.63) is 34.9 Å². The van der Waals surface area contributed by atoms with Gasteiger partial charge in [-0.1, -0.05) is 56.9 Å². The molecule has 0 aromatic heterocycles. The Balaban J connectivity index is 2.47. The molecule has 1 aromatic rings. The Bertz CT molecular complexity index is 376. The topological polar surface area (TPSA) is 21.3 Å². The first-order valence-corrected chi connectivity index (χ1v) is 8.07. The van der Waals surface area contributed by atoms with Gasteiger partial charge in [0.05, 0.1) is 12.6 Å².